The van der Waals surface area contributed by atoms with Gasteiger partial charge >= 0.3 is 5.97 Å². The van der Waals surface area contributed by atoms with Crippen LogP contribution in [0.5, 0.6) is 0 Å². The number of hydrogen-bond acceptors (Lipinski definition) is 5. The zero-order valence-corrected chi connectivity index (χ0v) is 14.6. The van der Waals surface area contributed by atoms with E-state index in [-0.39, 0.29) is 24.9 Å². The molecule has 0 fully saturated rings. The number of hydrogen-bond donors (Lipinski definition) is 1. The van der Waals surface area contributed by atoms with E-state index in [0.29, 0.717) is 17.5 Å². The van der Waals surface area contributed by atoms with E-state index in [1.54, 1.807) is 38.1 Å². The van der Waals surface area contributed by atoms with E-state index in [2.05, 4.69) is 10.1 Å². The number of rotatable bonds is 7. The van der Waals surface area contributed by atoms with Crippen LogP contribution in [0.4, 0.5) is 0 Å². The SMILES string of the molecule is COC(=O)CCCNC(=O)C(C(C)C)N1C(=O)c2ccccc2C1=O. The molecule has 7 heteroatoms. The van der Waals surface area contributed by atoms with Crippen molar-refractivity contribution in [3.63, 3.8) is 0 Å². The minimum atomic E-state index is -0.898. The summed E-state index contributed by atoms with van der Waals surface area (Å²) < 4.78 is 4.54. The monoisotopic (exact) mass is 346 g/mol. The molecular formula is C18H22N2O5. The van der Waals surface area contributed by atoms with Crippen LogP contribution in [0.3, 0.4) is 0 Å². The van der Waals surface area contributed by atoms with Crippen LogP contribution in [-0.4, -0.2) is 48.3 Å². The molecular weight excluding hydrogens is 324 g/mol. The third kappa shape index (κ3) is 3.87. The molecule has 0 spiro atoms. The average molecular weight is 346 g/mol. The molecule has 0 saturated heterocycles. The highest BCUT2D eigenvalue weighted by atomic mass is 16.5. The lowest BCUT2D eigenvalue weighted by atomic mass is 10.0. The molecule has 1 aliphatic heterocycles. The molecule has 25 heavy (non-hydrogen) atoms. The van der Waals surface area contributed by atoms with Gasteiger partial charge in [0.1, 0.15) is 6.04 Å². The standard InChI is InChI=1S/C18H22N2O5/c1-11(2)15(16(22)19-10-6-9-14(21)25-3)20-17(23)12-7-4-5-8-13(12)18(20)24/h4-5,7-8,11,15H,6,9-10H2,1-3H3,(H,19,22). The minimum absolute atomic E-state index is 0.191. The lowest BCUT2D eigenvalue weighted by Crippen LogP contribution is -2.52. The summed E-state index contributed by atoms with van der Waals surface area (Å²) in [5, 5.41) is 2.70. The number of fused-ring (bicyclic) bond motifs is 1. The Morgan fingerprint density at radius 3 is 2.16 bits per heavy atom. The summed E-state index contributed by atoms with van der Waals surface area (Å²) in [5.41, 5.74) is 0.633. The Hall–Kier alpha value is -2.70. The van der Waals surface area contributed by atoms with Crippen molar-refractivity contribution in [2.75, 3.05) is 13.7 Å². The Morgan fingerprint density at radius 1 is 1.12 bits per heavy atom. The van der Waals surface area contributed by atoms with E-state index >= 15 is 0 Å². The molecule has 0 bridgehead atoms. The lowest BCUT2D eigenvalue weighted by molar-refractivity contribution is -0.140. The largest absolute Gasteiger partial charge is 0.469 e. The van der Waals surface area contributed by atoms with Gasteiger partial charge < -0.3 is 10.1 Å². The Bertz CT molecular complexity index is 663. The Morgan fingerprint density at radius 2 is 1.68 bits per heavy atom. The quantitative estimate of drug-likeness (QED) is 0.457. The highest BCUT2D eigenvalue weighted by Crippen LogP contribution is 2.27. The topological polar surface area (TPSA) is 92.8 Å². The number of carbonyl (C=O) groups is 4. The van der Waals surface area contributed by atoms with Crippen molar-refractivity contribution in [2.24, 2.45) is 5.92 Å². The van der Waals surface area contributed by atoms with Crippen LogP contribution in [0, 0.1) is 5.92 Å². The fraction of sp³-hybridized carbons (Fsp3) is 0.444. The first kappa shape index (κ1) is 18.6. The minimum Gasteiger partial charge on any atom is -0.469 e. The first-order chi connectivity index (χ1) is 11.9. The smallest absolute Gasteiger partial charge is 0.305 e. The molecule has 7 nitrogen and oxygen atoms in total. The number of nitrogens with zero attached hydrogens (tertiary/aromatic N) is 1. The summed E-state index contributed by atoms with van der Waals surface area (Å²) in [6.07, 6.45) is 0.613. The molecule has 1 aromatic rings. The average Bonchev–Trinajstić information content (AvgIpc) is 2.84. The molecule has 1 N–H and O–H groups in total. The van der Waals surface area contributed by atoms with Gasteiger partial charge in [-0.15, -0.1) is 0 Å². The number of imide groups is 1. The Labute approximate surface area is 146 Å². The summed E-state index contributed by atoms with van der Waals surface area (Å²) in [5.74, 6) is -1.92. The summed E-state index contributed by atoms with van der Waals surface area (Å²) in [6, 6.07) is 5.64. The number of amides is 3. The molecule has 1 atom stereocenters. The van der Waals surface area contributed by atoms with Crippen LogP contribution in [0.2, 0.25) is 0 Å². The van der Waals surface area contributed by atoms with Gasteiger partial charge in [0.25, 0.3) is 11.8 Å². The van der Waals surface area contributed by atoms with Crippen LogP contribution < -0.4 is 5.32 Å². The van der Waals surface area contributed by atoms with E-state index in [1.807, 2.05) is 0 Å². The normalized spacial score (nSPS) is 14.5. The maximum Gasteiger partial charge on any atom is 0.305 e. The van der Waals surface area contributed by atoms with Crippen molar-refractivity contribution >= 4 is 23.7 Å². The number of ether oxygens (including phenoxy) is 1. The van der Waals surface area contributed by atoms with Gasteiger partial charge in [0.2, 0.25) is 5.91 Å². The maximum absolute atomic E-state index is 12.6. The van der Waals surface area contributed by atoms with Gasteiger partial charge in [-0.2, -0.15) is 0 Å². The lowest BCUT2D eigenvalue weighted by Gasteiger charge is -2.28. The molecule has 134 valence electrons. The summed E-state index contributed by atoms with van der Waals surface area (Å²) in [4.78, 5) is 49.8. The van der Waals surface area contributed by atoms with Gasteiger partial charge in [-0.1, -0.05) is 26.0 Å². The number of methoxy groups -OCH3 is 1. The van der Waals surface area contributed by atoms with Crippen molar-refractivity contribution in [2.45, 2.75) is 32.7 Å². The number of esters is 1. The van der Waals surface area contributed by atoms with E-state index < -0.39 is 23.8 Å². The molecule has 0 radical (unpaired) electrons. The van der Waals surface area contributed by atoms with Gasteiger partial charge in [-0.05, 0) is 24.5 Å². The highest BCUT2D eigenvalue weighted by Gasteiger charge is 2.43. The molecule has 0 aliphatic carbocycles. The van der Waals surface area contributed by atoms with E-state index in [9.17, 15) is 19.2 Å². The van der Waals surface area contributed by atoms with Gasteiger partial charge in [-0.25, -0.2) is 0 Å². The van der Waals surface area contributed by atoms with Crippen molar-refractivity contribution < 1.29 is 23.9 Å². The second-order valence-electron chi connectivity index (χ2n) is 6.19. The van der Waals surface area contributed by atoms with Crippen LogP contribution >= 0.6 is 0 Å². The fourth-order valence-corrected chi connectivity index (χ4v) is 2.83. The highest BCUT2D eigenvalue weighted by molar-refractivity contribution is 6.22. The van der Waals surface area contributed by atoms with E-state index in [4.69, 9.17) is 0 Å². The molecule has 1 aromatic carbocycles. The summed E-state index contributed by atoms with van der Waals surface area (Å²) in [6.45, 7) is 3.82. The van der Waals surface area contributed by atoms with Crippen LogP contribution in [0.25, 0.3) is 0 Å². The van der Waals surface area contributed by atoms with Gasteiger partial charge in [0.05, 0.1) is 18.2 Å². The maximum atomic E-state index is 12.6. The van der Waals surface area contributed by atoms with Gasteiger partial charge in [-0.3, -0.25) is 24.1 Å². The van der Waals surface area contributed by atoms with E-state index in [1.165, 1.54) is 7.11 Å². The fourth-order valence-electron chi connectivity index (χ4n) is 2.83. The van der Waals surface area contributed by atoms with Gasteiger partial charge in [0.15, 0.2) is 0 Å². The zero-order valence-electron chi connectivity index (χ0n) is 14.6. The third-order valence-corrected chi connectivity index (χ3v) is 4.09. The molecule has 1 unspecified atom stereocenters. The number of nitrogens with one attached hydrogen (secondary N) is 1. The van der Waals surface area contributed by atoms with Crippen LogP contribution in [0.15, 0.2) is 24.3 Å². The molecule has 3 amide bonds. The zero-order chi connectivity index (χ0) is 18.6. The second kappa shape index (κ2) is 7.92. The summed E-state index contributed by atoms with van der Waals surface area (Å²) in [7, 11) is 1.30. The number of carbonyl (C=O) groups excluding carboxylic acids is 4. The third-order valence-electron chi connectivity index (χ3n) is 4.09. The predicted molar refractivity (Wildman–Crippen MR) is 89.8 cm³/mol. The van der Waals surface area contributed by atoms with Crippen molar-refractivity contribution in [3.8, 4) is 0 Å². The van der Waals surface area contributed by atoms with Crippen molar-refractivity contribution in [1.82, 2.24) is 10.2 Å². The van der Waals surface area contributed by atoms with Crippen LogP contribution in [-0.2, 0) is 14.3 Å². The Kier molecular flexibility index (Phi) is 5.90. The molecule has 1 aliphatic rings. The van der Waals surface area contributed by atoms with Crippen molar-refractivity contribution in [3.05, 3.63) is 35.4 Å². The van der Waals surface area contributed by atoms with Crippen LogP contribution in [0.1, 0.15) is 47.4 Å². The molecule has 2 rings (SSSR count). The number of benzene rings is 1. The van der Waals surface area contributed by atoms with E-state index in [0.717, 1.165) is 4.90 Å². The molecule has 0 aromatic heterocycles. The predicted octanol–water partition coefficient (Wildman–Crippen LogP) is 1.38. The first-order valence-corrected chi connectivity index (χ1v) is 8.20. The Balaban J connectivity index is 2.08. The first-order valence-electron chi connectivity index (χ1n) is 8.20. The molecule has 0 saturated carbocycles. The second-order valence-corrected chi connectivity index (χ2v) is 6.19. The summed E-state index contributed by atoms with van der Waals surface area (Å²) >= 11 is 0. The van der Waals surface area contributed by atoms with Gasteiger partial charge in [0, 0.05) is 13.0 Å². The molecule has 1 heterocycles. The van der Waals surface area contributed by atoms with Crippen molar-refractivity contribution in [1.29, 1.82) is 0 Å².